The number of amides is 1. The minimum absolute atomic E-state index is 0.112. The molecule has 4 aromatic rings. The summed E-state index contributed by atoms with van der Waals surface area (Å²) in [6.45, 7) is 3.38. The molecule has 0 unspecified atom stereocenters. The van der Waals surface area contributed by atoms with Crippen LogP contribution in [-0.4, -0.2) is 32.8 Å². The third kappa shape index (κ3) is 4.87. The number of pyridine rings is 1. The minimum Gasteiger partial charge on any atom is -0.352 e. The van der Waals surface area contributed by atoms with E-state index in [0.29, 0.717) is 28.0 Å². The SMILES string of the molecule is CC(C)NC(=O)Cn1c(-c2cccc(Cl)c2)nc2ncc(-c3cc(F)cc(C=O)c3)cc2c1=O. The third-order valence-corrected chi connectivity index (χ3v) is 5.27. The quantitative estimate of drug-likeness (QED) is 0.418. The van der Waals surface area contributed by atoms with E-state index in [9.17, 15) is 18.8 Å². The Labute approximate surface area is 199 Å². The number of hydrogen-bond donors (Lipinski definition) is 1. The molecule has 0 aliphatic carbocycles. The molecule has 1 N–H and O–H groups in total. The lowest BCUT2D eigenvalue weighted by molar-refractivity contribution is -0.122. The van der Waals surface area contributed by atoms with Crippen LogP contribution in [0.2, 0.25) is 5.02 Å². The lowest BCUT2D eigenvalue weighted by atomic mass is 10.0. The highest BCUT2D eigenvalue weighted by atomic mass is 35.5. The Morgan fingerprint density at radius 2 is 1.94 bits per heavy atom. The molecule has 0 radical (unpaired) electrons. The Morgan fingerprint density at radius 1 is 1.15 bits per heavy atom. The van der Waals surface area contributed by atoms with Gasteiger partial charge in [0.15, 0.2) is 5.65 Å². The maximum absolute atomic E-state index is 14.0. The summed E-state index contributed by atoms with van der Waals surface area (Å²) >= 11 is 6.14. The van der Waals surface area contributed by atoms with E-state index in [0.717, 1.165) is 6.07 Å². The predicted molar refractivity (Wildman–Crippen MR) is 128 cm³/mol. The summed E-state index contributed by atoms with van der Waals surface area (Å²) < 4.78 is 15.2. The average Bonchev–Trinajstić information content (AvgIpc) is 2.79. The highest BCUT2D eigenvalue weighted by molar-refractivity contribution is 6.30. The number of nitrogens with zero attached hydrogens (tertiary/aromatic N) is 3. The molecule has 34 heavy (non-hydrogen) atoms. The fraction of sp³-hybridized carbons (Fsp3) is 0.160. The number of halogens is 2. The number of aldehydes is 1. The standard InChI is InChI=1S/C25H20ClFN4O3/c1-14(2)29-22(33)12-31-24(16-4-3-5-19(26)8-16)30-23-21(25(31)34)10-18(11-28-23)17-6-15(13-32)7-20(27)9-17/h3-11,13-14H,12H2,1-2H3,(H,29,33). The molecule has 2 aromatic carbocycles. The van der Waals surface area contributed by atoms with Crippen molar-refractivity contribution in [2.75, 3.05) is 0 Å². The molecule has 2 aromatic heterocycles. The summed E-state index contributed by atoms with van der Waals surface area (Å²) in [7, 11) is 0. The van der Waals surface area contributed by atoms with Crippen LogP contribution in [0.3, 0.4) is 0 Å². The van der Waals surface area contributed by atoms with Gasteiger partial charge in [0.05, 0.1) is 5.39 Å². The zero-order valence-corrected chi connectivity index (χ0v) is 19.1. The maximum atomic E-state index is 14.0. The molecule has 2 heterocycles. The van der Waals surface area contributed by atoms with Crippen molar-refractivity contribution in [2.45, 2.75) is 26.4 Å². The molecular formula is C25H20ClFN4O3. The number of rotatable bonds is 6. The predicted octanol–water partition coefficient (Wildman–Crippen LogP) is 4.26. The summed E-state index contributed by atoms with van der Waals surface area (Å²) in [5.41, 5.74) is 1.21. The van der Waals surface area contributed by atoms with Crippen molar-refractivity contribution < 1.29 is 14.0 Å². The number of aromatic nitrogens is 3. The van der Waals surface area contributed by atoms with Crippen LogP contribution in [0.5, 0.6) is 0 Å². The molecule has 0 fully saturated rings. The van der Waals surface area contributed by atoms with Crippen LogP contribution in [0.4, 0.5) is 4.39 Å². The molecular weight excluding hydrogens is 459 g/mol. The van der Waals surface area contributed by atoms with Gasteiger partial charge in [-0.25, -0.2) is 14.4 Å². The molecule has 0 aliphatic rings. The molecule has 0 atom stereocenters. The van der Waals surface area contributed by atoms with Crippen molar-refractivity contribution in [2.24, 2.45) is 0 Å². The molecule has 7 nitrogen and oxygen atoms in total. The van der Waals surface area contributed by atoms with Crippen molar-refractivity contribution >= 4 is 34.8 Å². The van der Waals surface area contributed by atoms with E-state index in [1.165, 1.54) is 29.0 Å². The molecule has 0 saturated carbocycles. The zero-order chi connectivity index (χ0) is 24.4. The smallest absolute Gasteiger partial charge is 0.263 e. The molecule has 0 bridgehead atoms. The van der Waals surface area contributed by atoms with E-state index in [2.05, 4.69) is 15.3 Å². The van der Waals surface area contributed by atoms with E-state index in [4.69, 9.17) is 11.6 Å². The van der Waals surface area contributed by atoms with Crippen LogP contribution in [0.15, 0.2) is 59.5 Å². The molecule has 0 saturated heterocycles. The summed E-state index contributed by atoms with van der Waals surface area (Å²) in [6.07, 6.45) is 2.00. The lowest BCUT2D eigenvalue weighted by Gasteiger charge is -2.15. The Bertz CT molecular complexity index is 1480. The second-order valence-corrected chi connectivity index (χ2v) is 8.48. The first-order valence-corrected chi connectivity index (χ1v) is 10.8. The van der Waals surface area contributed by atoms with Crippen molar-refractivity contribution in [1.82, 2.24) is 19.9 Å². The number of nitrogens with one attached hydrogen (secondary N) is 1. The van der Waals surface area contributed by atoms with Crippen LogP contribution in [-0.2, 0) is 11.3 Å². The first-order valence-electron chi connectivity index (χ1n) is 10.5. The monoisotopic (exact) mass is 478 g/mol. The lowest BCUT2D eigenvalue weighted by Crippen LogP contribution is -2.37. The van der Waals surface area contributed by atoms with Crippen molar-refractivity contribution in [3.8, 4) is 22.5 Å². The van der Waals surface area contributed by atoms with Crippen molar-refractivity contribution in [3.05, 3.63) is 81.5 Å². The molecule has 4 rings (SSSR count). The Kier molecular flexibility index (Phi) is 6.51. The van der Waals surface area contributed by atoms with E-state index in [1.54, 1.807) is 24.3 Å². The average molecular weight is 479 g/mol. The van der Waals surface area contributed by atoms with Gasteiger partial charge in [0.1, 0.15) is 24.5 Å². The van der Waals surface area contributed by atoms with E-state index >= 15 is 0 Å². The van der Waals surface area contributed by atoms with Crippen LogP contribution in [0, 0.1) is 5.82 Å². The zero-order valence-electron chi connectivity index (χ0n) is 18.4. The number of benzene rings is 2. The van der Waals surface area contributed by atoms with Gasteiger partial charge in [0.25, 0.3) is 5.56 Å². The summed E-state index contributed by atoms with van der Waals surface area (Å²) in [5.74, 6) is -0.698. The number of fused-ring (bicyclic) bond motifs is 1. The molecule has 0 spiro atoms. The van der Waals surface area contributed by atoms with Crippen molar-refractivity contribution in [1.29, 1.82) is 0 Å². The highest BCUT2D eigenvalue weighted by Gasteiger charge is 2.18. The minimum atomic E-state index is -0.586. The van der Waals surface area contributed by atoms with Gasteiger partial charge in [-0.2, -0.15) is 0 Å². The van der Waals surface area contributed by atoms with Gasteiger partial charge in [0.2, 0.25) is 5.91 Å². The summed E-state index contributed by atoms with van der Waals surface area (Å²) in [5, 5.41) is 3.37. The largest absolute Gasteiger partial charge is 0.352 e. The molecule has 9 heteroatoms. The highest BCUT2D eigenvalue weighted by Crippen LogP contribution is 2.25. The van der Waals surface area contributed by atoms with E-state index < -0.39 is 11.4 Å². The normalized spacial score (nSPS) is 11.1. The fourth-order valence-corrected chi connectivity index (χ4v) is 3.81. The third-order valence-electron chi connectivity index (χ3n) is 5.03. The van der Waals surface area contributed by atoms with Crippen LogP contribution >= 0.6 is 11.6 Å². The number of carbonyl (C=O) groups is 2. The van der Waals surface area contributed by atoms with Gasteiger partial charge in [-0.15, -0.1) is 0 Å². The Balaban J connectivity index is 1.92. The van der Waals surface area contributed by atoms with Gasteiger partial charge in [-0.3, -0.25) is 19.0 Å². The summed E-state index contributed by atoms with van der Waals surface area (Å²) in [4.78, 5) is 46.1. The van der Waals surface area contributed by atoms with Crippen LogP contribution in [0.25, 0.3) is 33.5 Å². The van der Waals surface area contributed by atoms with E-state index in [-0.39, 0.29) is 40.9 Å². The maximum Gasteiger partial charge on any atom is 0.263 e. The molecule has 172 valence electrons. The number of hydrogen-bond acceptors (Lipinski definition) is 5. The first kappa shape index (κ1) is 23.3. The van der Waals surface area contributed by atoms with Gasteiger partial charge >= 0.3 is 0 Å². The van der Waals surface area contributed by atoms with Crippen LogP contribution in [0.1, 0.15) is 24.2 Å². The van der Waals surface area contributed by atoms with Gasteiger partial charge in [-0.05, 0) is 55.8 Å². The molecule has 1 amide bonds. The van der Waals surface area contributed by atoms with Gasteiger partial charge < -0.3 is 5.32 Å². The summed E-state index contributed by atoms with van der Waals surface area (Å²) in [6, 6.07) is 12.1. The van der Waals surface area contributed by atoms with Crippen LogP contribution < -0.4 is 10.9 Å². The Hall–Kier alpha value is -3.91. The second kappa shape index (κ2) is 9.52. The second-order valence-electron chi connectivity index (χ2n) is 8.05. The van der Waals surface area contributed by atoms with Crippen molar-refractivity contribution in [3.63, 3.8) is 0 Å². The topological polar surface area (TPSA) is 93.9 Å². The van der Waals surface area contributed by atoms with Gasteiger partial charge in [0, 0.05) is 34.0 Å². The molecule has 0 aliphatic heterocycles. The Morgan fingerprint density at radius 3 is 2.65 bits per heavy atom. The van der Waals surface area contributed by atoms with Gasteiger partial charge in [-0.1, -0.05) is 23.7 Å². The number of carbonyl (C=O) groups excluding carboxylic acids is 2. The van der Waals surface area contributed by atoms with E-state index in [1.807, 2.05) is 13.8 Å². The first-order chi connectivity index (χ1) is 16.2. The fourth-order valence-electron chi connectivity index (χ4n) is 3.62.